The minimum absolute atomic E-state index is 0.0602. The van der Waals surface area contributed by atoms with Gasteiger partial charge in [-0.1, -0.05) is 25.7 Å². The van der Waals surface area contributed by atoms with Crippen LogP contribution in [-0.2, 0) is 9.59 Å². The highest BCUT2D eigenvalue weighted by molar-refractivity contribution is 5.77. The first kappa shape index (κ1) is 26.6. The van der Waals surface area contributed by atoms with E-state index in [1.165, 1.54) is 0 Å². The third-order valence-corrected chi connectivity index (χ3v) is 4.79. The molecule has 0 fully saturated rings. The van der Waals surface area contributed by atoms with Crippen molar-refractivity contribution in [3.8, 4) is 17.2 Å². The number of carbonyl (C=O) groups excluding carboxylic acids is 1. The van der Waals surface area contributed by atoms with Gasteiger partial charge in [-0.2, -0.15) is 0 Å². The fourth-order valence-electron chi connectivity index (χ4n) is 3.30. The molecule has 1 rings (SSSR count). The number of amides is 1. The maximum absolute atomic E-state index is 12.1. The number of ether oxygens (including phenoxy) is 3. The smallest absolute Gasteiger partial charge is 0.305 e. The van der Waals surface area contributed by atoms with Crippen LogP contribution in [0, 0.1) is 0 Å². The van der Waals surface area contributed by atoms with Gasteiger partial charge in [0.15, 0.2) is 11.5 Å². The minimum atomic E-state index is -0.901. The molecule has 176 valence electrons. The zero-order chi connectivity index (χ0) is 23.1. The molecule has 0 radical (unpaired) electrons. The fraction of sp³-hybridized carbons (Fsp3) is 0.652. The van der Waals surface area contributed by atoms with Gasteiger partial charge in [-0.15, -0.1) is 0 Å². The summed E-state index contributed by atoms with van der Waals surface area (Å²) in [5.41, 5.74) is 0. The molecule has 2 N–H and O–H groups in total. The lowest BCUT2D eigenvalue weighted by atomic mass is 10.1. The van der Waals surface area contributed by atoms with Crippen molar-refractivity contribution >= 4 is 11.9 Å². The molecule has 0 aliphatic heterocycles. The lowest BCUT2D eigenvalue weighted by Gasteiger charge is -2.20. The van der Waals surface area contributed by atoms with E-state index in [4.69, 9.17) is 19.3 Å². The number of aliphatic carboxylic acids is 1. The Hall–Kier alpha value is -2.48. The second kappa shape index (κ2) is 15.3. The van der Waals surface area contributed by atoms with Crippen LogP contribution < -0.4 is 19.5 Å². The Labute approximate surface area is 185 Å². The molecule has 0 unspecified atom stereocenters. The lowest BCUT2D eigenvalue weighted by Crippen LogP contribution is -2.42. The number of unbranched alkanes of at least 4 members (excludes halogenated alkanes) is 5. The van der Waals surface area contributed by atoms with E-state index in [9.17, 15) is 9.59 Å². The van der Waals surface area contributed by atoms with Crippen LogP contribution in [0.4, 0.5) is 0 Å². The summed E-state index contributed by atoms with van der Waals surface area (Å²) in [4.78, 5) is 24.9. The number of rotatable bonds is 17. The summed E-state index contributed by atoms with van der Waals surface area (Å²) in [5, 5.41) is 11.8. The summed E-state index contributed by atoms with van der Waals surface area (Å²) in [6.45, 7) is 1.16. The molecule has 0 bridgehead atoms. The highest BCUT2D eigenvalue weighted by Gasteiger charge is 2.16. The van der Waals surface area contributed by atoms with Crippen LogP contribution in [0.3, 0.4) is 0 Å². The molecule has 31 heavy (non-hydrogen) atoms. The van der Waals surface area contributed by atoms with E-state index in [1.807, 2.05) is 37.2 Å². The summed E-state index contributed by atoms with van der Waals surface area (Å²) >= 11 is 0. The monoisotopic (exact) mass is 438 g/mol. The molecule has 0 aliphatic carbocycles. The van der Waals surface area contributed by atoms with Gasteiger partial charge in [0.05, 0.1) is 33.3 Å². The number of nitrogens with zero attached hydrogens (tertiary/aromatic N) is 1. The summed E-state index contributed by atoms with van der Waals surface area (Å²) in [5.74, 6) is 1.12. The van der Waals surface area contributed by atoms with Gasteiger partial charge in [0.2, 0.25) is 5.91 Å². The highest BCUT2D eigenvalue weighted by Crippen LogP contribution is 2.30. The van der Waals surface area contributed by atoms with Crippen LogP contribution in [0.25, 0.3) is 0 Å². The predicted octanol–water partition coefficient (Wildman–Crippen LogP) is 3.33. The maximum atomic E-state index is 12.1. The Kier molecular flexibility index (Phi) is 13.1. The molecular weight excluding hydrogens is 400 g/mol. The SMILES string of the molecule is COc1ccc(OCCCCCCCCC(=O)N[C@H](CC(=O)O)CN(C)C)cc1OC. The van der Waals surface area contributed by atoms with Gasteiger partial charge in [-0.3, -0.25) is 9.59 Å². The van der Waals surface area contributed by atoms with E-state index >= 15 is 0 Å². The minimum Gasteiger partial charge on any atom is -0.493 e. The average molecular weight is 439 g/mol. The standard InChI is InChI=1S/C23H38N2O6/c1-25(2)17-18(15-23(27)28)24-22(26)11-9-7-5-6-8-10-14-31-19-12-13-20(29-3)21(16-19)30-4/h12-13,16,18H,5-11,14-15,17H2,1-4H3,(H,24,26)(H,27,28)/t18-/m1/s1. The van der Waals surface area contributed by atoms with E-state index < -0.39 is 5.97 Å². The number of nitrogens with one attached hydrogen (secondary N) is 1. The number of likely N-dealkylation sites (N-methyl/N-ethyl adjacent to an activating group) is 1. The van der Waals surface area contributed by atoms with Crippen LogP contribution in [0.2, 0.25) is 0 Å². The lowest BCUT2D eigenvalue weighted by molar-refractivity contribution is -0.137. The zero-order valence-electron chi connectivity index (χ0n) is 19.3. The third-order valence-electron chi connectivity index (χ3n) is 4.79. The van der Waals surface area contributed by atoms with Crippen LogP contribution in [0.1, 0.15) is 51.4 Å². The zero-order valence-corrected chi connectivity index (χ0v) is 19.3. The van der Waals surface area contributed by atoms with Crippen molar-refractivity contribution < 1.29 is 28.9 Å². The van der Waals surface area contributed by atoms with E-state index in [1.54, 1.807) is 14.2 Å². The van der Waals surface area contributed by atoms with Crippen molar-refractivity contribution in [1.82, 2.24) is 10.2 Å². The summed E-state index contributed by atoms with van der Waals surface area (Å²) in [6, 6.07) is 5.16. The predicted molar refractivity (Wildman–Crippen MR) is 120 cm³/mol. The number of carboxylic acid groups (broad SMARTS) is 1. The first-order valence-corrected chi connectivity index (χ1v) is 10.9. The van der Waals surface area contributed by atoms with Gasteiger partial charge in [0, 0.05) is 19.0 Å². The van der Waals surface area contributed by atoms with E-state index in [0.717, 1.165) is 44.3 Å². The number of methoxy groups -OCH3 is 2. The van der Waals surface area contributed by atoms with Gasteiger partial charge >= 0.3 is 5.97 Å². The van der Waals surface area contributed by atoms with Gasteiger partial charge < -0.3 is 29.5 Å². The van der Waals surface area contributed by atoms with E-state index in [-0.39, 0.29) is 18.4 Å². The Morgan fingerprint density at radius 1 is 1.00 bits per heavy atom. The van der Waals surface area contributed by atoms with Crippen LogP contribution in [-0.4, -0.2) is 69.4 Å². The number of hydrogen-bond donors (Lipinski definition) is 2. The normalized spacial score (nSPS) is 11.8. The van der Waals surface area contributed by atoms with Crippen molar-refractivity contribution in [2.24, 2.45) is 0 Å². The molecule has 8 heteroatoms. The average Bonchev–Trinajstić information content (AvgIpc) is 2.71. The Morgan fingerprint density at radius 2 is 1.65 bits per heavy atom. The van der Waals surface area contributed by atoms with Crippen LogP contribution in [0.5, 0.6) is 17.2 Å². The molecular formula is C23H38N2O6. The number of carboxylic acids is 1. The molecule has 0 aliphatic rings. The van der Waals surface area contributed by atoms with Gasteiger partial charge in [-0.25, -0.2) is 0 Å². The number of hydrogen-bond acceptors (Lipinski definition) is 6. The van der Waals surface area contributed by atoms with Crippen molar-refractivity contribution in [2.75, 3.05) is 41.5 Å². The molecule has 1 aromatic rings. The summed E-state index contributed by atoms with van der Waals surface area (Å²) in [6.07, 6.45) is 6.39. The first-order chi connectivity index (χ1) is 14.8. The number of carbonyl (C=O) groups is 2. The topological polar surface area (TPSA) is 97.3 Å². The molecule has 1 amide bonds. The van der Waals surface area contributed by atoms with E-state index in [0.29, 0.717) is 31.1 Å². The Bertz CT molecular complexity index is 665. The highest BCUT2D eigenvalue weighted by atomic mass is 16.5. The molecule has 0 saturated carbocycles. The van der Waals surface area contributed by atoms with Crippen molar-refractivity contribution in [1.29, 1.82) is 0 Å². The second-order valence-electron chi connectivity index (χ2n) is 7.86. The molecule has 0 aromatic heterocycles. The second-order valence-corrected chi connectivity index (χ2v) is 7.86. The first-order valence-electron chi connectivity index (χ1n) is 10.9. The largest absolute Gasteiger partial charge is 0.493 e. The molecule has 1 aromatic carbocycles. The van der Waals surface area contributed by atoms with Crippen molar-refractivity contribution in [2.45, 2.75) is 57.4 Å². The molecule has 1 atom stereocenters. The van der Waals surface area contributed by atoms with Crippen molar-refractivity contribution in [3.05, 3.63) is 18.2 Å². The maximum Gasteiger partial charge on any atom is 0.305 e. The van der Waals surface area contributed by atoms with Gasteiger partial charge in [-0.05, 0) is 39.1 Å². The molecule has 0 saturated heterocycles. The summed E-state index contributed by atoms with van der Waals surface area (Å²) in [7, 11) is 6.93. The van der Waals surface area contributed by atoms with Crippen LogP contribution in [0.15, 0.2) is 18.2 Å². The molecule has 0 heterocycles. The fourth-order valence-corrected chi connectivity index (χ4v) is 3.30. The molecule has 8 nitrogen and oxygen atoms in total. The van der Waals surface area contributed by atoms with E-state index in [2.05, 4.69) is 5.32 Å². The Morgan fingerprint density at radius 3 is 2.26 bits per heavy atom. The van der Waals surface area contributed by atoms with Crippen LogP contribution >= 0.6 is 0 Å². The van der Waals surface area contributed by atoms with Crippen molar-refractivity contribution in [3.63, 3.8) is 0 Å². The Balaban J connectivity index is 2.10. The summed E-state index contributed by atoms with van der Waals surface area (Å²) < 4.78 is 16.2. The molecule has 0 spiro atoms. The van der Waals surface area contributed by atoms with Gasteiger partial charge in [0.25, 0.3) is 0 Å². The number of benzene rings is 1. The van der Waals surface area contributed by atoms with Gasteiger partial charge in [0.1, 0.15) is 5.75 Å². The third kappa shape index (κ3) is 12.1. The quantitative estimate of drug-likeness (QED) is 0.360.